The summed E-state index contributed by atoms with van der Waals surface area (Å²) in [6.07, 6.45) is 0. The van der Waals surface area contributed by atoms with Crippen LogP contribution in [0.15, 0.2) is 47.5 Å². The van der Waals surface area contributed by atoms with Gasteiger partial charge in [0.25, 0.3) is 0 Å². The van der Waals surface area contributed by atoms with Crippen LogP contribution in [0.1, 0.15) is 5.56 Å². The van der Waals surface area contributed by atoms with Gasteiger partial charge in [0.1, 0.15) is 17.3 Å². The third-order valence-electron chi connectivity index (χ3n) is 3.05. The first-order valence-corrected chi connectivity index (χ1v) is 6.66. The molecule has 0 amide bonds. The van der Waals surface area contributed by atoms with Crippen molar-refractivity contribution in [3.05, 3.63) is 53.8 Å². The Hall–Kier alpha value is -2.03. The molecule has 0 aliphatic rings. The number of methoxy groups -OCH3 is 2. The molecule has 3 N–H and O–H groups in total. The van der Waals surface area contributed by atoms with E-state index in [1.807, 2.05) is 0 Å². The Labute approximate surface area is 151 Å². The lowest BCUT2D eigenvalue weighted by atomic mass is 10.2. The summed E-state index contributed by atoms with van der Waals surface area (Å²) in [6.45, 7) is 0.151. The van der Waals surface area contributed by atoms with Gasteiger partial charge in [0.15, 0.2) is 5.96 Å². The molecule has 23 heavy (non-hydrogen) atoms. The van der Waals surface area contributed by atoms with Gasteiger partial charge in [-0.15, -0.1) is 24.0 Å². The van der Waals surface area contributed by atoms with E-state index in [9.17, 15) is 4.39 Å². The van der Waals surface area contributed by atoms with E-state index in [-0.39, 0.29) is 42.3 Å². The first-order chi connectivity index (χ1) is 10.6. The van der Waals surface area contributed by atoms with Gasteiger partial charge in [0.2, 0.25) is 0 Å². The molecule has 0 aliphatic heterocycles. The van der Waals surface area contributed by atoms with E-state index in [0.29, 0.717) is 22.7 Å². The van der Waals surface area contributed by atoms with Crippen LogP contribution >= 0.6 is 24.0 Å². The van der Waals surface area contributed by atoms with E-state index in [4.69, 9.17) is 15.2 Å². The highest BCUT2D eigenvalue weighted by Crippen LogP contribution is 2.28. The van der Waals surface area contributed by atoms with E-state index in [1.165, 1.54) is 6.07 Å². The quantitative estimate of drug-likeness (QED) is 0.433. The number of benzene rings is 2. The van der Waals surface area contributed by atoms with Crippen LogP contribution in [-0.2, 0) is 6.54 Å². The fourth-order valence-corrected chi connectivity index (χ4v) is 1.89. The molecule has 0 saturated carbocycles. The molecule has 7 heteroatoms. The summed E-state index contributed by atoms with van der Waals surface area (Å²) < 4.78 is 23.9. The van der Waals surface area contributed by atoms with Crippen molar-refractivity contribution in [2.24, 2.45) is 10.7 Å². The van der Waals surface area contributed by atoms with Crippen molar-refractivity contribution in [1.82, 2.24) is 0 Å². The predicted molar refractivity (Wildman–Crippen MR) is 100 cm³/mol. The number of ether oxygens (including phenoxy) is 2. The van der Waals surface area contributed by atoms with E-state index in [0.717, 1.165) is 0 Å². The number of nitrogens with zero attached hydrogens (tertiary/aromatic N) is 1. The van der Waals surface area contributed by atoms with E-state index >= 15 is 0 Å². The average molecular weight is 431 g/mol. The first-order valence-electron chi connectivity index (χ1n) is 6.66. The van der Waals surface area contributed by atoms with Crippen molar-refractivity contribution >= 4 is 35.6 Å². The molecule has 0 atom stereocenters. The van der Waals surface area contributed by atoms with E-state index in [1.54, 1.807) is 50.6 Å². The molecule has 0 bridgehead atoms. The molecular formula is C16H19FIN3O2. The zero-order valence-corrected chi connectivity index (χ0v) is 15.2. The van der Waals surface area contributed by atoms with Crippen LogP contribution in [0.25, 0.3) is 0 Å². The monoisotopic (exact) mass is 431 g/mol. The lowest BCUT2D eigenvalue weighted by Crippen LogP contribution is -2.23. The maximum Gasteiger partial charge on any atom is 0.193 e. The molecule has 0 aromatic heterocycles. The van der Waals surface area contributed by atoms with Crippen LogP contribution in [0.5, 0.6) is 11.5 Å². The number of guanidine groups is 1. The molecule has 2 rings (SSSR count). The minimum Gasteiger partial charge on any atom is -0.497 e. The third-order valence-corrected chi connectivity index (χ3v) is 3.05. The number of nitrogens with one attached hydrogen (secondary N) is 1. The minimum atomic E-state index is -0.307. The summed E-state index contributed by atoms with van der Waals surface area (Å²) in [6, 6.07) is 11.7. The molecule has 0 unspecified atom stereocenters. The second-order valence-electron chi connectivity index (χ2n) is 4.48. The normalized spacial score (nSPS) is 10.7. The highest BCUT2D eigenvalue weighted by atomic mass is 127. The second kappa shape index (κ2) is 9.19. The van der Waals surface area contributed by atoms with Crippen molar-refractivity contribution < 1.29 is 13.9 Å². The third kappa shape index (κ3) is 5.27. The SMILES string of the molecule is COc1ccc(OC)c(NC(N)=NCc2ccccc2F)c1.I. The fourth-order valence-electron chi connectivity index (χ4n) is 1.89. The molecule has 0 spiro atoms. The highest BCUT2D eigenvalue weighted by Gasteiger charge is 2.06. The van der Waals surface area contributed by atoms with Gasteiger partial charge in [-0.3, -0.25) is 0 Å². The van der Waals surface area contributed by atoms with Crippen molar-refractivity contribution in [3.63, 3.8) is 0 Å². The Kier molecular flexibility index (Phi) is 7.60. The number of aliphatic imine (C=N–C) groups is 1. The zero-order valence-electron chi connectivity index (χ0n) is 12.9. The molecule has 2 aromatic carbocycles. The standard InChI is InChI=1S/C16H18FN3O2.HI/c1-21-12-7-8-15(22-2)14(9-12)20-16(18)19-10-11-5-3-4-6-13(11)17;/h3-9H,10H2,1-2H3,(H3,18,19,20);1H. The number of hydrogen-bond donors (Lipinski definition) is 2. The summed E-state index contributed by atoms with van der Waals surface area (Å²) in [7, 11) is 3.13. The topological polar surface area (TPSA) is 68.9 Å². The molecule has 0 heterocycles. The molecule has 2 aromatic rings. The first kappa shape index (κ1) is 19.0. The summed E-state index contributed by atoms with van der Waals surface area (Å²) in [5.41, 5.74) is 6.94. The molecule has 0 aliphatic carbocycles. The molecule has 0 radical (unpaired) electrons. The van der Waals surface area contributed by atoms with Crippen LogP contribution in [0, 0.1) is 5.82 Å². The molecule has 5 nitrogen and oxygen atoms in total. The van der Waals surface area contributed by atoms with Crippen molar-refractivity contribution in [2.45, 2.75) is 6.54 Å². The van der Waals surface area contributed by atoms with Gasteiger partial charge in [-0.1, -0.05) is 18.2 Å². The Bertz CT molecular complexity index is 680. The lowest BCUT2D eigenvalue weighted by Gasteiger charge is -2.12. The maximum atomic E-state index is 13.5. The van der Waals surface area contributed by atoms with Gasteiger partial charge < -0.3 is 20.5 Å². The smallest absolute Gasteiger partial charge is 0.193 e. The van der Waals surface area contributed by atoms with Crippen molar-refractivity contribution in [3.8, 4) is 11.5 Å². The second-order valence-corrected chi connectivity index (χ2v) is 4.48. The van der Waals surface area contributed by atoms with E-state index < -0.39 is 0 Å². The van der Waals surface area contributed by atoms with Crippen LogP contribution in [-0.4, -0.2) is 20.2 Å². The molecule has 0 fully saturated rings. The van der Waals surface area contributed by atoms with Crippen LogP contribution in [0.3, 0.4) is 0 Å². The maximum absolute atomic E-state index is 13.5. The lowest BCUT2D eigenvalue weighted by molar-refractivity contribution is 0.405. The molecule has 124 valence electrons. The summed E-state index contributed by atoms with van der Waals surface area (Å²) in [4.78, 5) is 4.13. The van der Waals surface area contributed by atoms with Crippen LogP contribution < -0.4 is 20.5 Å². The summed E-state index contributed by atoms with van der Waals surface area (Å²) in [5.74, 6) is 1.11. The fraction of sp³-hybridized carbons (Fsp3) is 0.188. The van der Waals surface area contributed by atoms with Gasteiger partial charge in [0.05, 0.1) is 26.5 Å². The van der Waals surface area contributed by atoms with Crippen LogP contribution in [0.2, 0.25) is 0 Å². The summed E-state index contributed by atoms with van der Waals surface area (Å²) >= 11 is 0. The van der Waals surface area contributed by atoms with Crippen LogP contribution in [0.4, 0.5) is 10.1 Å². The van der Waals surface area contributed by atoms with Gasteiger partial charge in [-0.2, -0.15) is 0 Å². The van der Waals surface area contributed by atoms with Gasteiger partial charge in [-0.05, 0) is 18.2 Å². The Morgan fingerprint density at radius 1 is 1.17 bits per heavy atom. The van der Waals surface area contributed by atoms with Gasteiger partial charge in [0, 0.05) is 11.6 Å². The van der Waals surface area contributed by atoms with Crippen molar-refractivity contribution in [2.75, 3.05) is 19.5 Å². The number of anilines is 1. The van der Waals surface area contributed by atoms with Gasteiger partial charge >= 0.3 is 0 Å². The molecule has 0 saturated heterocycles. The number of rotatable bonds is 5. The van der Waals surface area contributed by atoms with Crippen molar-refractivity contribution in [1.29, 1.82) is 0 Å². The largest absolute Gasteiger partial charge is 0.497 e. The Morgan fingerprint density at radius 2 is 1.91 bits per heavy atom. The minimum absolute atomic E-state index is 0. The number of nitrogens with two attached hydrogens (primary N) is 1. The number of hydrogen-bond acceptors (Lipinski definition) is 3. The molecular weight excluding hydrogens is 412 g/mol. The number of halogens is 2. The Morgan fingerprint density at radius 3 is 2.57 bits per heavy atom. The average Bonchev–Trinajstić information content (AvgIpc) is 2.54. The summed E-state index contributed by atoms with van der Waals surface area (Å²) in [5, 5.41) is 2.93. The zero-order chi connectivity index (χ0) is 15.9. The van der Waals surface area contributed by atoms with E-state index in [2.05, 4.69) is 10.3 Å². The Balaban J connectivity index is 0.00000264. The van der Waals surface area contributed by atoms with Gasteiger partial charge in [-0.25, -0.2) is 9.38 Å². The highest BCUT2D eigenvalue weighted by molar-refractivity contribution is 14.0. The predicted octanol–water partition coefficient (Wildman–Crippen LogP) is 3.39.